The zero-order valence-corrected chi connectivity index (χ0v) is 15.7. The Balaban J connectivity index is 3.52. The third-order valence-electron chi connectivity index (χ3n) is 3.42. The van der Waals surface area contributed by atoms with E-state index in [4.69, 9.17) is 0 Å². The normalized spacial score (nSPS) is 32.0. The van der Waals surface area contributed by atoms with Gasteiger partial charge in [-0.3, -0.25) is 9.80 Å². The number of alkyl halides is 2. The van der Waals surface area contributed by atoms with Gasteiger partial charge in [-0.05, 0) is 28.2 Å². The van der Waals surface area contributed by atoms with Crippen LogP contribution in [0.3, 0.4) is 0 Å². The third-order valence-corrected chi connectivity index (χ3v) is 7.27. The Kier molecular flexibility index (Phi) is 4.49. The van der Waals surface area contributed by atoms with Gasteiger partial charge in [0, 0.05) is 28.2 Å². The van der Waals surface area contributed by atoms with E-state index in [-0.39, 0.29) is 8.90 Å². The second kappa shape index (κ2) is 4.96. The molecule has 1 aliphatic carbocycles. The van der Waals surface area contributed by atoms with Crippen LogP contribution in [0, 0.1) is 0 Å². The van der Waals surface area contributed by atoms with Crippen molar-refractivity contribution >= 4 is 31.9 Å². The monoisotopic (exact) mass is 382 g/mol. The molecule has 0 N–H and O–H groups in total. The van der Waals surface area contributed by atoms with E-state index < -0.39 is 0 Å². The van der Waals surface area contributed by atoms with Gasteiger partial charge in [0.15, 0.2) is 8.90 Å². The van der Waals surface area contributed by atoms with E-state index in [9.17, 15) is 0 Å². The molecule has 2 unspecified atom stereocenters. The van der Waals surface area contributed by atoms with Crippen LogP contribution in [-0.2, 0) is 0 Å². The first-order valence-corrected chi connectivity index (χ1v) is 7.44. The van der Waals surface area contributed by atoms with Crippen molar-refractivity contribution in [2.24, 2.45) is 0 Å². The van der Waals surface area contributed by atoms with E-state index in [0.717, 1.165) is 0 Å². The molecule has 6 heteroatoms. The lowest BCUT2D eigenvalue weighted by Gasteiger charge is -2.63. The minimum absolute atomic E-state index is 0.257. The smallest absolute Gasteiger partial charge is 0.153 e. The number of hydrogen-bond donors (Lipinski definition) is 0. The van der Waals surface area contributed by atoms with Crippen LogP contribution in [0.2, 0.25) is 0 Å². The SMILES string of the molecule is CN(C)C1=C(N(C)C)C(Br)(N(C)C)C1(Br)N(C)C. The van der Waals surface area contributed by atoms with Crippen LogP contribution >= 0.6 is 31.9 Å². The quantitative estimate of drug-likeness (QED) is 0.540. The van der Waals surface area contributed by atoms with Gasteiger partial charge in [-0.15, -0.1) is 0 Å². The van der Waals surface area contributed by atoms with Crippen molar-refractivity contribution in [1.82, 2.24) is 19.6 Å². The Morgan fingerprint density at radius 2 is 0.833 bits per heavy atom. The van der Waals surface area contributed by atoms with Gasteiger partial charge in [0.1, 0.15) is 0 Å². The lowest BCUT2D eigenvalue weighted by atomic mass is 9.83. The number of likely N-dealkylation sites (N-methyl/N-ethyl adjacent to an activating group) is 4. The molecule has 0 aliphatic heterocycles. The predicted molar refractivity (Wildman–Crippen MR) is 85.1 cm³/mol. The van der Waals surface area contributed by atoms with Crippen molar-refractivity contribution in [3.05, 3.63) is 11.4 Å². The number of hydrogen-bond acceptors (Lipinski definition) is 4. The van der Waals surface area contributed by atoms with Crippen molar-refractivity contribution < 1.29 is 0 Å². The highest BCUT2D eigenvalue weighted by molar-refractivity contribution is 9.13. The molecule has 0 amide bonds. The maximum atomic E-state index is 3.94. The maximum Gasteiger partial charge on any atom is 0.153 e. The molecule has 0 radical (unpaired) electrons. The lowest BCUT2D eigenvalue weighted by molar-refractivity contribution is 0.0723. The largest absolute Gasteiger partial charge is 0.377 e. The fourth-order valence-corrected chi connectivity index (χ4v) is 4.77. The average Bonchev–Trinajstić information content (AvgIpc) is 2.21. The summed E-state index contributed by atoms with van der Waals surface area (Å²) in [5, 5.41) is 0. The van der Waals surface area contributed by atoms with Gasteiger partial charge in [-0.1, -0.05) is 31.9 Å². The van der Waals surface area contributed by atoms with Gasteiger partial charge < -0.3 is 9.80 Å². The molecular weight excluding hydrogens is 360 g/mol. The predicted octanol–water partition coefficient (Wildman–Crippen LogP) is 1.64. The Hall–Kier alpha value is 0.220. The second-order valence-electron chi connectivity index (χ2n) is 5.52. The molecule has 1 rings (SSSR count). The molecular formula is C12H24Br2N4. The van der Waals surface area contributed by atoms with Crippen molar-refractivity contribution in [2.75, 3.05) is 56.4 Å². The van der Waals surface area contributed by atoms with Crippen molar-refractivity contribution in [2.45, 2.75) is 8.90 Å². The summed E-state index contributed by atoms with van der Waals surface area (Å²) in [6.45, 7) is 0. The van der Waals surface area contributed by atoms with Gasteiger partial charge in [0.2, 0.25) is 0 Å². The van der Waals surface area contributed by atoms with Gasteiger partial charge in [-0.2, -0.15) is 0 Å². The average molecular weight is 384 g/mol. The van der Waals surface area contributed by atoms with Gasteiger partial charge >= 0.3 is 0 Å². The number of halogens is 2. The van der Waals surface area contributed by atoms with Gasteiger partial charge in [-0.25, -0.2) is 0 Å². The molecule has 4 nitrogen and oxygen atoms in total. The van der Waals surface area contributed by atoms with Crippen LogP contribution in [0.25, 0.3) is 0 Å². The first-order chi connectivity index (χ1) is 8.02. The van der Waals surface area contributed by atoms with E-state index in [1.54, 1.807) is 0 Å². The molecule has 106 valence electrons. The minimum Gasteiger partial charge on any atom is -0.377 e. The van der Waals surface area contributed by atoms with Crippen LogP contribution < -0.4 is 0 Å². The van der Waals surface area contributed by atoms with Crippen molar-refractivity contribution in [1.29, 1.82) is 0 Å². The first-order valence-electron chi connectivity index (χ1n) is 5.85. The maximum absolute atomic E-state index is 3.94. The molecule has 0 saturated carbocycles. The molecule has 0 saturated heterocycles. The van der Waals surface area contributed by atoms with Gasteiger partial charge in [0.25, 0.3) is 0 Å². The Morgan fingerprint density at radius 1 is 0.611 bits per heavy atom. The first kappa shape index (κ1) is 16.3. The zero-order valence-electron chi connectivity index (χ0n) is 12.5. The van der Waals surface area contributed by atoms with Crippen LogP contribution in [0.15, 0.2) is 11.4 Å². The summed E-state index contributed by atoms with van der Waals surface area (Å²) >= 11 is 7.88. The lowest BCUT2D eigenvalue weighted by Crippen LogP contribution is -2.73. The molecule has 1 aliphatic rings. The summed E-state index contributed by atoms with van der Waals surface area (Å²) in [4.78, 5) is 8.74. The van der Waals surface area contributed by atoms with E-state index >= 15 is 0 Å². The van der Waals surface area contributed by atoms with Crippen LogP contribution in [0.4, 0.5) is 0 Å². The summed E-state index contributed by atoms with van der Waals surface area (Å²) in [7, 11) is 16.7. The molecule has 18 heavy (non-hydrogen) atoms. The Labute approximate surface area is 128 Å². The minimum atomic E-state index is -0.257. The number of nitrogens with zero attached hydrogens (tertiary/aromatic N) is 4. The molecule has 0 bridgehead atoms. The highest BCUT2D eigenvalue weighted by atomic mass is 79.9. The summed E-state index contributed by atoms with van der Waals surface area (Å²) in [6, 6.07) is 0. The summed E-state index contributed by atoms with van der Waals surface area (Å²) in [5.74, 6) is 0. The zero-order chi connectivity index (χ0) is 14.5. The van der Waals surface area contributed by atoms with Gasteiger partial charge in [0.05, 0.1) is 11.4 Å². The van der Waals surface area contributed by atoms with Crippen molar-refractivity contribution in [3.8, 4) is 0 Å². The topological polar surface area (TPSA) is 13.0 Å². The van der Waals surface area contributed by atoms with Crippen LogP contribution in [-0.4, -0.2) is 84.9 Å². The Morgan fingerprint density at radius 3 is 0.944 bits per heavy atom. The second-order valence-corrected chi connectivity index (χ2v) is 7.81. The van der Waals surface area contributed by atoms with E-state index in [0.29, 0.717) is 0 Å². The molecule has 0 fully saturated rings. The van der Waals surface area contributed by atoms with E-state index in [2.05, 4.69) is 108 Å². The Bertz CT molecular complexity index is 331. The summed E-state index contributed by atoms with van der Waals surface area (Å²) < 4.78 is -0.515. The van der Waals surface area contributed by atoms with E-state index in [1.165, 1.54) is 11.4 Å². The highest BCUT2D eigenvalue weighted by Gasteiger charge is 2.67. The summed E-state index contributed by atoms with van der Waals surface area (Å²) in [6.07, 6.45) is 0. The third kappa shape index (κ3) is 1.84. The standard InChI is InChI=1S/C12H24Br2N4/c1-15(2)9-10(16(3)4)12(14,18(7)8)11(9,13)17(5)6/h1-8H3. The fourth-order valence-electron chi connectivity index (χ4n) is 2.60. The summed E-state index contributed by atoms with van der Waals surface area (Å²) in [5.41, 5.74) is 2.53. The molecule has 0 aromatic rings. The molecule has 0 spiro atoms. The molecule has 0 heterocycles. The van der Waals surface area contributed by atoms with Crippen LogP contribution in [0.1, 0.15) is 0 Å². The fraction of sp³-hybridized carbons (Fsp3) is 0.833. The molecule has 2 atom stereocenters. The number of rotatable bonds is 4. The highest BCUT2D eigenvalue weighted by Crippen LogP contribution is 2.61. The van der Waals surface area contributed by atoms with E-state index in [1.807, 2.05) is 0 Å². The molecule has 0 aromatic heterocycles. The molecule has 0 aromatic carbocycles. The van der Waals surface area contributed by atoms with Crippen molar-refractivity contribution in [3.63, 3.8) is 0 Å². The van der Waals surface area contributed by atoms with Crippen LogP contribution in [0.5, 0.6) is 0 Å².